The summed E-state index contributed by atoms with van der Waals surface area (Å²) in [5, 5.41) is 20.9. The van der Waals surface area contributed by atoms with Gasteiger partial charge < -0.3 is 10.4 Å². The minimum atomic E-state index is -0.510. The van der Waals surface area contributed by atoms with Crippen LogP contribution in [0.3, 0.4) is 0 Å². The maximum absolute atomic E-state index is 13.2. The summed E-state index contributed by atoms with van der Waals surface area (Å²) < 4.78 is 1.13. The fraction of sp³-hybridized carbons (Fsp3) is 0.391. The van der Waals surface area contributed by atoms with E-state index < -0.39 is 6.10 Å². The molecular weight excluding hydrogens is 548 g/mol. The van der Waals surface area contributed by atoms with E-state index in [-0.39, 0.29) is 23.9 Å². The van der Waals surface area contributed by atoms with Crippen LogP contribution in [0.25, 0.3) is 0 Å². The van der Waals surface area contributed by atoms with Crippen LogP contribution in [0.2, 0.25) is 10.0 Å². The molecule has 4 atom stereocenters. The van der Waals surface area contributed by atoms with Crippen LogP contribution in [0, 0.1) is 9.49 Å². The van der Waals surface area contributed by atoms with Gasteiger partial charge in [-0.05, 0) is 71.3 Å². The van der Waals surface area contributed by atoms with Crippen LogP contribution < -0.4 is 10.3 Å². The lowest BCUT2D eigenvalue weighted by atomic mass is 9.89. The van der Waals surface area contributed by atoms with Crippen LogP contribution in [0.4, 0.5) is 5.69 Å². The molecule has 1 saturated carbocycles. The number of benzene rings is 2. The Morgan fingerprint density at radius 2 is 1.87 bits per heavy atom. The summed E-state index contributed by atoms with van der Waals surface area (Å²) in [6, 6.07) is 13.1. The third-order valence-electron chi connectivity index (χ3n) is 6.03. The quantitative estimate of drug-likeness (QED) is 0.471. The van der Waals surface area contributed by atoms with Gasteiger partial charge in [0.2, 0.25) is 0 Å². The Hall–Kier alpha value is -1.35. The normalized spacial score (nSPS) is 26.0. The maximum atomic E-state index is 13.2. The molecule has 1 amide bonds. The fourth-order valence-corrected chi connectivity index (χ4v) is 5.22. The summed E-state index contributed by atoms with van der Waals surface area (Å²) in [7, 11) is 0. The van der Waals surface area contributed by atoms with E-state index in [2.05, 4.69) is 40.0 Å². The standard InChI is InChI=1S/C23H24Cl2IN3O2/c1-13-21(23(31)27-18-4-2-3-5-20(18)30)28-29(19-11-8-15(24)12-17(19)25)22(13)14-6-9-16(26)10-7-14/h6-13,18,20,22,30H,2-5H2,1H3,(H,27,31)/t13-,18+,20+,22+/m1/s1. The van der Waals surface area contributed by atoms with Crippen molar-refractivity contribution in [3.63, 3.8) is 0 Å². The number of carbonyl (C=O) groups excluding carboxylic acids is 1. The van der Waals surface area contributed by atoms with Crippen LogP contribution in [-0.2, 0) is 4.79 Å². The van der Waals surface area contributed by atoms with Gasteiger partial charge in [0, 0.05) is 14.5 Å². The maximum Gasteiger partial charge on any atom is 0.268 e. The molecule has 2 N–H and O–H groups in total. The Kier molecular flexibility index (Phi) is 7.10. The van der Waals surface area contributed by atoms with Crippen LogP contribution in [0.1, 0.15) is 44.2 Å². The number of aliphatic hydroxyl groups excluding tert-OH is 1. The van der Waals surface area contributed by atoms with Crippen molar-refractivity contribution in [1.29, 1.82) is 0 Å². The molecule has 1 aliphatic carbocycles. The Balaban J connectivity index is 1.68. The molecule has 4 rings (SSSR count). The van der Waals surface area contributed by atoms with Crippen molar-refractivity contribution in [2.24, 2.45) is 11.0 Å². The average molecular weight is 572 g/mol. The van der Waals surface area contributed by atoms with Crippen molar-refractivity contribution >= 4 is 63.1 Å². The number of anilines is 1. The molecule has 2 aromatic rings. The number of hydrogen-bond acceptors (Lipinski definition) is 4. The molecule has 2 aliphatic rings. The average Bonchev–Trinajstić information content (AvgIpc) is 3.07. The second-order valence-corrected chi connectivity index (χ2v) is 10.2. The highest BCUT2D eigenvalue weighted by Crippen LogP contribution is 2.42. The topological polar surface area (TPSA) is 64.9 Å². The van der Waals surface area contributed by atoms with Crippen LogP contribution in [-0.4, -0.2) is 28.9 Å². The molecule has 1 heterocycles. The molecule has 0 radical (unpaired) electrons. The highest BCUT2D eigenvalue weighted by atomic mass is 127. The monoisotopic (exact) mass is 571 g/mol. The van der Waals surface area contributed by atoms with Crippen LogP contribution >= 0.6 is 45.8 Å². The number of nitrogens with zero attached hydrogens (tertiary/aromatic N) is 2. The molecule has 5 nitrogen and oxygen atoms in total. The zero-order valence-electron chi connectivity index (χ0n) is 17.1. The van der Waals surface area contributed by atoms with Crippen LogP contribution in [0.15, 0.2) is 47.6 Å². The number of amides is 1. The minimum absolute atomic E-state index is 0.174. The first-order chi connectivity index (χ1) is 14.8. The summed E-state index contributed by atoms with van der Waals surface area (Å²) in [5.41, 5.74) is 2.18. The molecule has 31 heavy (non-hydrogen) atoms. The highest BCUT2D eigenvalue weighted by molar-refractivity contribution is 14.1. The number of carbonyl (C=O) groups is 1. The summed E-state index contributed by atoms with van der Waals surface area (Å²) in [5.74, 6) is -0.408. The Labute approximate surface area is 205 Å². The largest absolute Gasteiger partial charge is 0.391 e. The molecule has 1 aliphatic heterocycles. The van der Waals surface area contributed by atoms with E-state index in [0.717, 1.165) is 28.4 Å². The molecule has 8 heteroatoms. The molecule has 0 aromatic heterocycles. The van der Waals surface area contributed by atoms with E-state index in [9.17, 15) is 9.90 Å². The number of rotatable bonds is 4. The van der Waals surface area contributed by atoms with Gasteiger partial charge >= 0.3 is 0 Å². The predicted molar refractivity (Wildman–Crippen MR) is 134 cm³/mol. The van der Waals surface area contributed by atoms with E-state index >= 15 is 0 Å². The first-order valence-electron chi connectivity index (χ1n) is 10.4. The second kappa shape index (κ2) is 9.65. The fourth-order valence-electron chi connectivity index (χ4n) is 4.37. The van der Waals surface area contributed by atoms with Gasteiger partial charge in [-0.1, -0.05) is 55.1 Å². The number of hydrazone groups is 1. The third-order valence-corrected chi connectivity index (χ3v) is 7.29. The molecule has 1 fully saturated rings. The lowest BCUT2D eigenvalue weighted by molar-refractivity contribution is -0.116. The van der Waals surface area contributed by atoms with E-state index in [1.54, 1.807) is 12.1 Å². The second-order valence-electron chi connectivity index (χ2n) is 8.14. The first-order valence-corrected chi connectivity index (χ1v) is 12.3. The smallest absolute Gasteiger partial charge is 0.268 e. The summed E-state index contributed by atoms with van der Waals surface area (Å²) >= 11 is 14.9. The highest BCUT2D eigenvalue weighted by Gasteiger charge is 2.41. The number of halogens is 3. The van der Waals surface area contributed by atoms with Crippen LogP contribution in [0.5, 0.6) is 0 Å². The molecule has 0 unspecified atom stereocenters. The van der Waals surface area contributed by atoms with Gasteiger partial charge in [0.1, 0.15) is 5.71 Å². The van der Waals surface area contributed by atoms with Crippen molar-refractivity contribution in [3.8, 4) is 0 Å². The summed E-state index contributed by atoms with van der Waals surface area (Å²) in [6.45, 7) is 2.00. The lowest BCUT2D eigenvalue weighted by Gasteiger charge is -2.29. The molecular formula is C23H24Cl2IN3O2. The van der Waals surface area contributed by atoms with Gasteiger partial charge in [0.25, 0.3) is 5.91 Å². The Morgan fingerprint density at radius 1 is 1.16 bits per heavy atom. The number of hydrogen-bond donors (Lipinski definition) is 2. The number of nitrogens with one attached hydrogen (secondary N) is 1. The first kappa shape index (κ1) is 22.8. The molecule has 0 saturated heterocycles. The van der Waals surface area contributed by atoms with Gasteiger partial charge in [0.15, 0.2) is 0 Å². The van der Waals surface area contributed by atoms with Gasteiger partial charge in [-0.15, -0.1) is 0 Å². The van der Waals surface area contributed by atoms with Gasteiger partial charge in [0.05, 0.1) is 28.9 Å². The Morgan fingerprint density at radius 3 is 2.55 bits per heavy atom. The third kappa shape index (κ3) is 4.87. The van der Waals surface area contributed by atoms with E-state index in [4.69, 9.17) is 28.3 Å². The molecule has 0 spiro atoms. The predicted octanol–water partition coefficient (Wildman–Crippen LogP) is 5.57. The van der Waals surface area contributed by atoms with E-state index in [1.807, 2.05) is 30.1 Å². The molecule has 2 aromatic carbocycles. The summed E-state index contributed by atoms with van der Waals surface area (Å²) in [6.07, 6.45) is 2.97. The van der Waals surface area contributed by atoms with Gasteiger partial charge in [-0.25, -0.2) is 0 Å². The number of aliphatic hydroxyl groups is 1. The summed E-state index contributed by atoms with van der Waals surface area (Å²) in [4.78, 5) is 13.2. The Bertz CT molecular complexity index is 999. The zero-order valence-corrected chi connectivity index (χ0v) is 20.7. The van der Waals surface area contributed by atoms with Crippen molar-refractivity contribution in [1.82, 2.24) is 5.32 Å². The van der Waals surface area contributed by atoms with Gasteiger partial charge in [-0.2, -0.15) is 5.10 Å². The van der Waals surface area contributed by atoms with Crippen molar-refractivity contribution in [3.05, 3.63) is 61.6 Å². The SMILES string of the molecule is C[C@@H]1C(C(=O)N[C@H]2CCCC[C@@H]2O)=NN(c2ccc(Cl)cc2Cl)[C@@H]1c1ccc(I)cc1. The van der Waals surface area contributed by atoms with E-state index in [0.29, 0.717) is 27.9 Å². The lowest BCUT2D eigenvalue weighted by Crippen LogP contribution is -2.48. The van der Waals surface area contributed by atoms with Crippen molar-refractivity contribution < 1.29 is 9.90 Å². The van der Waals surface area contributed by atoms with E-state index in [1.165, 1.54) is 0 Å². The zero-order chi connectivity index (χ0) is 22.1. The minimum Gasteiger partial charge on any atom is -0.391 e. The van der Waals surface area contributed by atoms with Crippen molar-refractivity contribution in [2.75, 3.05) is 5.01 Å². The van der Waals surface area contributed by atoms with Gasteiger partial charge in [-0.3, -0.25) is 9.80 Å². The van der Waals surface area contributed by atoms with Crippen molar-refractivity contribution in [2.45, 2.75) is 50.8 Å². The molecule has 164 valence electrons. The molecule has 0 bridgehead atoms.